The van der Waals surface area contributed by atoms with Crippen LogP contribution < -0.4 is 5.32 Å². The average molecular weight is 285 g/mol. The van der Waals surface area contributed by atoms with Crippen molar-refractivity contribution >= 4 is 28.6 Å². The van der Waals surface area contributed by atoms with E-state index in [0.29, 0.717) is 0 Å². The van der Waals surface area contributed by atoms with E-state index in [1.807, 2.05) is 21.0 Å². The summed E-state index contributed by atoms with van der Waals surface area (Å²) in [5.41, 5.74) is 0. The van der Waals surface area contributed by atoms with Crippen LogP contribution in [0.2, 0.25) is 0 Å². The highest BCUT2D eigenvalue weighted by Gasteiger charge is 2.02. The second kappa shape index (κ2) is 10.9. The smallest absolute Gasteiger partial charge is 0.331 e. The Morgan fingerprint density at radius 1 is 1.75 bits per heavy atom. The first kappa shape index (κ1) is 14.4. The molecule has 0 radical (unpaired) electrons. The summed E-state index contributed by atoms with van der Waals surface area (Å²) in [5, 5.41) is 2.75. The highest BCUT2D eigenvalue weighted by Crippen LogP contribution is 2.06. The summed E-state index contributed by atoms with van der Waals surface area (Å²) in [6.45, 7) is 5.22. The number of carbonyl (C=O) groups is 1. The van der Waals surface area contributed by atoms with Crippen molar-refractivity contribution in [2.24, 2.45) is 0 Å². The quantitative estimate of drug-likeness (QED) is 0.371. The van der Waals surface area contributed by atoms with Crippen LogP contribution in [0.3, 0.4) is 0 Å². The predicted molar refractivity (Wildman–Crippen MR) is 59.4 cm³/mol. The van der Waals surface area contributed by atoms with Crippen LogP contribution in [0.15, 0.2) is 12.7 Å². The fourth-order valence-electron chi connectivity index (χ4n) is 0.257. The molecule has 0 fully saturated rings. The Kier molecular flexibility index (Phi) is 13.1. The lowest BCUT2D eigenvalue weighted by molar-refractivity contribution is -0.138. The molecule has 0 aromatic rings. The summed E-state index contributed by atoms with van der Waals surface area (Å²) in [7, 11) is 3.75. The molecule has 0 spiro atoms. The minimum atomic E-state index is -0.351. The average Bonchev–Trinajstić information content (AvgIpc) is 2.05. The molecule has 0 amide bonds. The van der Waals surface area contributed by atoms with Gasteiger partial charge in [-0.05, 0) is 43.1 Å². The van der Waals surface area contributed by atoms with E-state index in [4.69, 9.17) is 4.74 Å². The van der Waals surface area contributed by atoms with Gasteiger partial charge in [-0.1, -0.05) is 13.5 Å². The summed E-state index contributed by atoms with van der Waals surface area (Å²) >= 11 is 2.05. The number of nitrogens with one attached hydrogen (secondary N) is 1. The van der Waals surface area contributed by atoms with Crippen molar-refractivity contribution in [1.29, 1.82) is 0 Å². The van der Waals surface area contributed by atoms with Crippen molar-refractivity contribution in [2.75, 3.05) is 14.1 Å². The highest BCUT2D eigenvalue weighted by molar-refractivity contribution is 14.1. The molecule has 4 heteroatoms. The van der Waals surface area contributed by atoms with Gasteiger partial charge in [-0.3, -0.25) is 0 Å². The Hall–Kier alpha value is -0.100. The molecule has 0 aliphatic carbocycles. The molecule has 0 rings (SSSR count). The van der Waals surface area contributed by atoms with E-state index >= 15 is 0 Å². The molecule has 1 N–H and O–H groups in total. The lowest BCUT2D eigenvalue weighted by Gasteiger charge is -2.05. The monoisotopic (exact) mass is 285 g/mol. The van der Waals surface area contributed by atoms with Gasteiger partial charge in [0.2, 0.25) is 0 Å². The van der Waals surface area contributed by atoms with Crippen LogP contribution in [0.4, 0.5) is 0 Å². The van der Waals surface area contributed by atoms with Crippen molar-refractivity contribution in [3.8, 4) is 0 Å². The number of hydrogen-bond acceptors (Lipinski definition) is 3. The summed E-state index contributed by atoms with van der Waals surface area (Å²) in [5.74, 6) is -0.351. The van der Waals surface area contributed by atoms with Gasteiger partial charge in [0.05, 0.1) is 0 Å². The molecule has 1 atom stereocenters. The molecule has 0 heterocycles. The normalized spacial score (nSPS) is 10.7. The Morgan fingerprint density at radius 3 is 2.42 bits per heavy atom. The van der Waals surface area contributed by atoms with E-state index in [-0.39, 0.29) is 10.1 Å². The topological polar surface area (TPSA) is 38.3 Å². The third kappa shape index (κ3) is 12.6. The molecule has 72 valence electrons. The van der Waals surface area contributed by atoms with E-state index in [0.717, 1.165) is 6.42 Å². The molecule has 0 aliphatic rings. The fourth-order valence-corrected chi connectivity index (χ4v) is 0.508. The summed E-state index contributed by atoms with van der Waals surface area (Å²) in [6.07, 6.45) is 2.00. The van der Waals surface area contributed by atoms with Crippen molar-refractivity contribution in [3.63, 3.8) is 0 Å². The van der Waals surface area contributed by atoms with Crippen LogP contribution in [0.1, 0.15) is 13.3 Å². The first-order valence-electron chi connectivity index (χ1n) is 3.67. The third-order valence-electron chi connectivity index (χ3n) is 0.732. The summed E-state index contributed by atoms with van der Waals surface area (Å²) in [4.78, 5) is 10.4. The Bertz CT molecular complexity index is 128. The Morgan fingerprint density at radius 2 is 2.17 bits per heavy atom. The van der Waals surface area contributed by atoms with Gasteiger partial charge in [0.25, 0.3) is 0 Å². The Balaban J connectivity index is 0. The van der Waals surface area contributed by atoms with Crippen molar-refractivity contribution in [3.05, 3.63) is 12.7 Å². The van der Waals surface area contributed by atoms with Crippen molar-refractivity contribution < 1.29 is 9.53 Å². The van der Waals surface area contributed by atoms with Gasteiger partial charge < -0.3 is 10.1 Å². The van der Waals surface area contributed by atoms with Gasteiger partial charge in [-0.15, -0.1) is 0 Å². The molecule has 0 aromatic heterocycles. The first-order valence-corrected chi connectivity index (χ1v) is 4.92. The fraction of sp³-hybridized carbons (Fsp3) is 0.625. The van der Waals surface area contributed by atoms with Crippen LogP contribution in [0.5, 0.6) is 0 Å². The second-order valence-electron chi connectivity index (χ2n) is 1.96. The van der Waals surface area contributed by atoms with E-state index < -0.39 is 0 Å². The second-order valence-corrected chi connectivity index (χ2v) is 3.35. The Labute approximate surface area is 87.7 Å². The third-order valence-corrected chi connectivity index (χ3v) is 1.87. The van der Waals surface area contributed by atoms with Crippen LogP contribution >= 0.6 is 22.6 Å². The zero-order chi connectivity index (χ0) is 9.98. The van der Waals surface area contributed by atoms with Crippen LogP contribution in [-0.2, 0) is 9.53 Å². The minimum absolute atomic E-state index is 0.0203. The lowest BCUT2D eigenvalue weighted by atomic mass is 10.5. The highest BCUT2D eigenvalue weighted by atomic mass is 127. The number of alkyl halides is 1. The van der Waals surface area contributed by atoms with E-state index in [1.165, 1.54) is 6.08 Å². The number of rotatable bonds is 3. The molecule has 0 aliphatic heterocycles. The van der Waals surface area contributed by atoms with Crippen LogP contribution in [-0.4, -0.2) is 24.2 Å². The molecule has 1 unspecified atom stereocenters. The van der Waals surface area contributed by atoms with Gasteiger partial charge in [-0.2, -0.15) is 0 Å². The molecule has 0 saturated heterocycles. The number of halogens is 1. The van der Waals surface area contributed by atoms with E-state index in [2.05, 4.69) is 34.5 Å². The molecule has 0 bridgehead atoms. The summed E-state index contributed by atoms with van der Waals surface area (Å²) in [6, 6.07) is 0. The SMILES string of the molecule is C=CC(=O)OC(I)CC.CNC. The number of ether oxygens (including phenoxy) is 1. The van der Waals surface area contributed by atoms with Gasteiger partial charge in [0, 0.05) is 6.08 Å². The molecule has 12 heavy (non-hydrogen) atoms. The maximum absolute atomic E-state index is 10.4. The van der Waals surface area contributed by atoms with Gasteiger partial charge in [0.15, 0.2) is 4.11 Å². The number of esters is 1. The number of carbonyl (C=O) groups excluding carboxylic acids is 1. The molecular formula is C8H16INO2. The summed E-state index contributed by atoms with van der Waals surface area (Å²) < 4.78 is 4.76. The lowest BCUT2D eigenvalue weighted by Crippen LogP contribution is -2.07. The zero-order valence-corrected chi connectivity index (χ0v) is 9.92. The van der Waals surface area contributed by atoms with E-state index in [1.54, 1.807) is 0 Å². The molecule has 3 nitrogen and oxygen atoms in total. The van der Waals surface area contributed by atoms with Gasteiger partial charge >= 0.3 is 5.97 Å². The maximum atomic E-state index is 10.4. The predicted octanol–water partition coefficient (Wildman–Crippen LogP) is 1.72. The van der Waals surface area contributed by atoms with Crippen LogP contribution in [0.25, 0.3) is 0 Å². The standard InChI is InChI=1S/C6H9IO2.C2H7N/c1-3-5(7)9-6(8)4-2;1-3-2/h4-5H,2-3H2,1H3;3H,1-2H3. The van der Waals surface area contributed by atoms with Gasteiger partial charge in [-0.25, -0.2) is 4.79 Å². The largest absolute Gasteiger partial charge is 0.449 e. The van der Waals surface area contributed by atoms with Crippen molar-refractivity contribution in [1.82, 2.24) is 5.32 Å². The molecule has 0 aromatic carbocycles. The minimum Gasteiger partial charge on any atom is -0.449 e. The van der Waals surface area contributed by atoms with E-state index in [9.17, 15) is 4.79 Å². The van der Waals surface area contributed by atoms with Gasteiger partial charge in [0.1, 0.15) is 0 Å². The molecular weight excluding hydrogens is 269 g/mol. The molecule has 0 saturated carbocycles. The van der Waals surface area contributed by atoms with Crippen molar-refractivity contribution in [2.45, 2.75) is 17.5 Å². The maximum Gasteiger partial charge on any atom is 0.331 e. The van der Waals surface area contributed by atoms with Crippen LogP contribution in [0, 0.1) is 0 Å². The number of hydrogen-bond donors (Lipinski definition) is 1. The first-order chi connectivity index (χ1) is 5.62. The zero-order valence-electron chi connectivity index (χ0n) is 7.76.